The minimum atomic E-state index is 0.636. The first kappa shape index (κ1) is 24.2. The van der Waals surface area contributed by atoms with Crippen LogP contribution in [0.15, 0.2) is 150 Å². The highest BCUT2D eigenvalue weighted by molar-refractivity contribution is 7.25. The van der Waals surface area contributed by atoms with E-state index < -0.39 is 0 Å². The van der Waals surface area contributed by atoms with Gasteiger partial charge >= 0.3 is 0 Å². The van der Waals surface area contributed by atoms with Crippen molar-refractivity contribution in [3.05, 3.63) is 146 Å². The van der Waals surface area contributed by atoms with E-state index in [0.29, 0.717) is 5.71 Å². The van der Waals surface area contributed by atoms with Gasteiger partial charge in [-0.1, -0.05) is 91.0 Å². The average molecular weight is 569 g/mol. The van der Waals surface area contributed by atoms with Gasteiger partial charge < -0.3 is 4.42 Å². The summed E-state index contributed by atoms with van der Waals surface area (Å²) in [6.07, 6.45) is 0. The van der Waals surface area contributed by atoms with Gasteiger partial charge in [-0.15, -0.1) is 11.3 Å². The van der Waals surface area contributed by atoms with Crippen molar-refractivity contribution in [1.82, 2.24) is 4.98 Å². The van der Waals surface area contributed by atoms with Crippen molar-refractivity contribution in [2.45, 2.75) is 0 Å². The number of thiophene rings is 1. The molecule has 4 heteroatoms. The molecule has 0 bridgehead atoms. The fourth-order valence-electron chi connectivity index (χ4n) is 6.24. The Morgan fingerprint density at radius 2 is 1.23 bits per heavy atom. The molecule has 3 nitrogen and oxygen atoms in total. The predicted octanol–water partition coefficient (Wildman–Crippen LogP) is 11.6. The maximum absolute atomic E-state index is 6.38. The van der Waals surface area contributed by atoms with Crippen molar-refractivity contribution in [2.75, 3.05) is 4.90 Å². The molecule has 0 atom stereocenters. The van der Waals surface area contributed by atoms with Crippen molar-refractivity contribution in [3.8, 4) is 11.1 Å². The lowest BCUT2D eigenvalue weighted by atomic mass is 10.0. The summed E-state index contributed by atoms with van der Waals surface area (Å²) in [7, 11) is 0. The Morgan fingerprint density at radius 3 is 2.12 bits per heavy atom. The largest absolute Gasteiger partial charge is 0.438 e. The van der Waals surface area contributed by atoms with Gasteiger partial charge in [0.25, 0.3) is 0 Å². The quantitative estimate of drug-likeness (QED) is 0.211. The summed E-state index contributed by atoms with van der Waals surface area (Å²) in [5, 5.41) is 7.03. The van der Waals surface area contributed by atoms with Crippen LogP contribution in [0.1, 0.15) is 0 Å². The van der Waals surface area contributed by atoms with E-state index in [-0.39, 0.29) is 0 Å². The SMILES string of the molecule is c1ccc(-c2ccc(N(c3ccc4sc5ccccc5c4c3)c3ccc4c(n3)oc3ccc5ccccc5c34)cc2)cc1. The van der Waals surface area contributed by atoms with Crippen molar-refractivity contribution < 1.29 is 4.42 Å². The molecule has 43 heavy (non-hydrogen) atoms. The molecular weight excluding hydrogens is 545 g/mol. The fraction of sp³-hybridized carbons (Fsp3) is 0. The molecule has 9 aromatic rings. The van der Waals surface area contributed by atoms with Crippen molar-refractivity contribution >= 4 is 81.5 Å². The van der Waals surface area contributed by atoms with Crippen LogP contribution in [0.5, 0.6) is 0 Å². The molecule has 202 valence electrons. The molecule has 0 aliphatic heterocycles. The molecule has 0 unspecified atom stereocenters. The lowest BCUT2D eigenvalue weighted by molar-refractivity contribution is 0.654. The van der Waals surface area contributed by atoms with Crippen LogP contribution in [0, 0.1) is 0 Å². The van der Waals surface area contributed by atoms with Gasteiger partial charge in [0.05, 0.1) is 0 Å². The van der Waals surface area contributed by atoms with Gasteiger partial charge in [-0.25, -0.2) is 0 Å². The van der Waals surface area contributed by atoms with Crippen LogP contribution in [-0.4, -0.2) is 4.98 Å². The van der Waals surface area contributed by atoms with Gasteiger partial charge in [0.1, 0.15) is 11.4 Å². The minimum Gasteiger partial charge on any atom is -0.438 e. The third kappa shape index (κ3) is 3.92. The van der Waals surface area contributed by atoms with E-state index in [9.17, 15) is 0 Å². The third-order valence-corrected chi connectivity index (χ3v) is 9.44. The summed E-state index contributed by atoms with van der Waals surface area (Å²) in [5.74, 6) is 0.808. The van der Waals surface area contributed by atoms with Crippen LogP contribution in [0.3, 0.4) is 0 Å². The number of anilines is 3. The maximum Gasteiger partial charge on any atom is 0.229 e. The third-order valence-electron chi connectivity index (χ3n) is 8.29. The number of hydrogen-bond donors (Lipinski definition) is 0. The van der Waals surface area contributed by atoms with Crippen LogP contribution < -0.4 is 4.90 Å². The minimum absolute atomic E-state index is 0.636. The highest BCUT2D eigenvalue weighted by atomic mass is 32.1. The fourth-order valence-corrected chi connectivity index (χ4v) is 7.33. The van der Waals surface area contributed by atoms with Crippen molar-refractivity contribution in [2.24, 2.45) is 0 Å². The second kappa shape index (κ2) is 9.55. The van der Waals surface area contributed by atoms with Gasteiger partial charge in [-0.3, -0.25) is 4.90 Å². The highest BCUT2D eigenvalue weighted by Gasteiger charge is 2.19. The molecule has 0 saturated heterocycles. The first-order valence-corrected chi connectivity index (χ1v) is 15.2. The molecule has 0 aliphatic carbocycles. The summed E-state index contributed by atoms with van der Waals surface area (Å²) in [4.78, 5) is 7.37. The summed E-state index contributed by atoms with van der Waals surface area (Å²) in [6.45, 7) is 0. The Kier molecular flexibility index (Phi) is 5.37. The van der Waals surface area contributed by atoms with Gasteiger partial charge in [0.2, 0.25) is 5.71 Å². The number of rotatable bonds is 4. The molecule has 3 heterocycles. The number of nitrogens with zero attached hydrogens (tertiary/aromatic N) is 2. The Balaban J connectivity index is 1.24. The zero-order valence-electron chi connectivity index (χ0n) is 23.1. The van der Waals surface area contributed by atoms with E-state index in [1.807, 2.05) is 17.4 Å². The second-order valence-electron chi connectivity index (χ2n) is 10.8. The van der Waals surface area contributed by atoms with Crippen LogP contribution in [-0.2, 0) is 0 Å². The first-order chi connectivity index (χ1) is 21.3. The van der Waals surface area contributed by atoms with Gasteiger partial charge in [0, 0.05) is 42.3 Å². The van der Waals surface area contributed by atoms with Gasteiger partial charge in [-0.2, -0.15) is 4.98 Å². The lowest BCUT2D eigenvalue weighted by Crippen LogP contribution is -2.11. The van der Waals surface area contributed by atoms with Gasteiger partial charge in [0.15, 0.2) is 0 Å². The number of fused-ring (bicyclic) bond motifs is 8. The summed E-state index contributed by atoms with van der Waals surface area (Å²) < 4.78 is 8.95. The Morgan fingerprint density at radius 1 is 0.512 bits per heavy atom. The van der Waals surface area contributed by atoms with E-state index in [4.69, 9.17) is 9.40 Å². The van der Waals surface area contributed by atoms with Crippen LogP contribution in [0.25, 0.3) is 64.1 Å². The molecule has 0 saturated carbocycles. The molecule has 9 rings (SSSR count). The summed E-state index contributed by atoms with van der Waals surface area (Å²) in [5.41, 5.74) is 5.95. The summed E-state index contributed by atoms with van der Waals surface area (Å²) in [6, 6.07) is 51.4. The molecule has 0 N–H and O–H groups in total. The molecule has 6 aromatic carbocycles. The van der Waals surface area contributed by atoms with E-state index in [1.54, 1.807) is 0 Å². The van der Waals surface area contributed by atoms with Crippen LogP contribution in [0.2, 0.25) is 0 Å². The summed E-state index contributed by atoms with van der Waals surface area (Å²) >= 11 is 1.83. The average Bonchev–Trinajstić information content (AvgIpc) is 3.64. The normalized spacial score (nSPS) is 11.7. The monoisotopic (exact) mass is 568 g/mol. The smallest absolute Gasteiger partial charge is 0.229 e. The zero-order valence-corrected chi connectivity index (χ0v) is 23.9. The van der Waals surface area contributed by atoms with E-state index >= 15 is 0 Å². The highest BCUT2D eigenvalue weighted by Crippen LogP contribution is 2.42. The van der Waals surface area contributed by atoms with Crippen LogP contribution in [0.4, 0.5) is 17.2 Å². The Labute approximate surface area is 251 Å². The second-order valence-corrected chi connectivity index (χ2v) is 11.9. The Bertz CT molecular complexity index is 2460. The molecule has 0 fully saturated rings. The van der Waals surface area contributed by atoms with Gasteiger partial charge in [-0.05, 0) is 76.5 Å². The lowest BCUT2D eigenvalue weighted by Gasteiger charge is -2.24. The first-order valence-electron chi connectivity index (χ1n) is 14.4. The molecule has 3 aromatic heterocycles. The Hall–Kier alpha value is -5.45. The van der Waals surface area contributed by atoms with E-state index in [0.717, 1.165) is 33.5 Å². The van der Waals surface area contributed by atoms with Crippen molar-refractivity contribution in [3.63, 3.8) is 0 Å². The number of hydrogen-bond acceptors (Lipinski definition) is 4. The zero-order chi connectivity index (χ0) is 28.3. The van der Waals surface area contributed by atoms with Crippen molar-refractivity contribution in [1.29, 1.82) is 0 Å². The maximum atomic E-state index is 6.38. The molecule has 0 radical (unpaired) electrons. The molecular formula is C39H24N2OS. The molecule has 0 amide bonds. The molecule has 0 spiro atoms. The molecule has 0 aliphatic rings. The van der Waals surface area contributed by atoms with E-state index in [2.05, 4.69) is 144 Å². The number of pyridine rings is 1. The van der Waals surface area contributed by atoms with Crippen LogP contribution >= 0.6 is 11.3 Å². The number of furan rings is 1. The number of benzene rings is 6. The number of aromatic nitrogens is 1. The topological polar surface area (TPSA) is 29.3 Å². The van der Waals surface area contributed by atoms with E-state index in [1.165, 1.54) is 42.1 Å². The predicted molar refractivity (Wildman–Crippen MR) is 182 cm³/mol. The standard InChI is InChI=1S/C39H24N2OS/c1-2-8-25(9-3-1)26-14-17-28(18-15-26)41(29-19-22-36-33(24-29)31-12-6-7-13-35(31)43-36)37-23-20-32-38-30-11-5-4-10-27(30)16-21-34(38)42-39(32)40-37/h1-24H.